The first-order valence-corrected chi connectivity index (χ1v) is 9.39. The standard InChI is InChI=1S/C17H19F3N4OS/c18-17(19,20)13-5-2-6-14(9-13)24-11-22-16(23-24)26-8-7-15(25)21-10-12-3-1-4-12/h2,5-6,9,11-12H,1,3-4,7-8,10H2,(H,21,25). The summed E-state index contributed by atoms with van der Waals surface area (Å²) in [5, 5.41) is 7.51. The molecule has 26 heavy (non-hydrogen) atoms. The van der Waals surface area contributed by atoms with E-state index in [9.17, 15) is 18.0 Å². The molecular formula is C17H19F3N4OS. The maximum atomic E-state index is 12.8. The van der Waals surface area contributed by atoms with Crippen LogP contribution in [0.5, 0.6) is 0 Å². The van der Waals surface area contributed by atoms with Crippen LogP contribution >= 0.6 is 11.8 Å². The zero-order valence-corrected chi connectivity index (χ0v) is 14.8. The first-order valence-electron chi connectivity index (χ1n) is 8.40. The SMILES string of the molecule is O=C(CCSc1ncn(-c2cccc(C(F)(F)F)c2)n1)NCC1CCC1. The number of amides is 1. The Kier molecular flexibility index (Phi) is 5.85. The number of carbonyl (C=O) groups is 1. The average Bonchev–Trinajstić information content (AvgIpc) is 3.02. The van der Waals surface area contributed by atoms with Crippen LogP contribution in [0.2, 0.25) is 0 Å². The summed E-state index contributed by atoms with van der Waals surface area (Å²) in [6, 6.07) is 4.90. The van der Waals surface area contributed by atoms with E-state index in [0.29, 0.717) is 23.2 Å². The Bertz CT molecular complexity index is 758. The second-order valence-electron chi connectivity index (χ2n) is 6.22. The summed E-state index contributed by atoms with van der Waals surface area (Å²) in [5.74, 6) is 1.14. The minimum Gasteiger partial charge on any atom is -0.356 e. The van der Waals surface area contributed by atoms with Gasteiger partial charge >= 0.3 is 6.18 Å². The molecule has 1 aliphatic carbocycles. The molecule has 9 heteroatoms. The first-order chi connectivity index (χ1) is 12.4. The molecule has 2 aromatic rings. The van der Waals surface area contributed by atoms with Gasteiger partial charge in [0.05, 0.1) is 11.3 Å². The van der Waals surface area contributed by atoms with Crippen molar-refractivity contribution in [3.8, 4) is 5.69 Å². The Balaban J connectivity index is 1.49. The van der Waals surface area contributed by atoms with E-state index in [1.807, 2.05) is 0 Å². The fraction of sp³-hybridized carbons (Fsp3) is 0.471. The van der Waals surface area contributed by atoms with Crippen LogP contribution in [0.4, 0.5) is 13.2 Å². The predicted octanol–water partition coefficient (Wildman–Crippen LogP) is 3.68. The molecule has 1 heterocycles. The van der Waals surface area contributed by atoms with Gasteiger partial charge in [-0.25, -0.2) is 9.67 Å². The summed E-state index contributed by atoms with van der Waals surface area (Å²) >= 11 is 1.30. The van der Waals surface area contributed by atoms with Gasteiger partial charge in [-0.15, -0.1) is 5.10 Å². The van der Waals surface area contributed by atoms with E-state index in [1.165, 1.54) is 54.2 Å². The van der Waals surface area contributed by atoms with E-state index in [1.54, 1.807) is 0 Å². The quantitative estimate of drug-likeness (QED) is 0.740. The number of nitrogens with one attached hydrogen (secondary N) is 1. The smallest absolute Gasteiger partial charge is 0.356 e. The highest BCUT2D eigenvalue weighted by atomic mass is 32.2. The van der Waals surface area contributed by atoms with E-state index >= 15 is 0 Å². The minimum absolute atomic E-state index is 0.00158. The van der Waals surface area contributed by atoms with Crippen LogP contribution in [0.15, 0.2) is 35.7 Å². The first kappa shape index (κ1) is 18.8. The molecule has 0 saturated heterocycles. The van der Waals surface area contributed by atoms with Crippen LogP contribution in [0.3, 0.4) is 0 Å². The van der Waals surface area contributed by atoms with Crippen molar-refractivity contribution in [2.45, 2.75) is 37.0 Å². The van der Waals surface area contributed by atoms with E-state index in [4.69, 9.17) is 0 Å². The molecule has 1 fully saturated rings. The molecule has 140 valence electrons. The van der Waals surface area contributed by atoms with Gasteiger partial charge in [0.2, 0.25) is 11.1 Å². The third-order valence-electron chi connectivity index (χ3n) is 4.28. The molecule has 5 nitrogen and oxygen atoms in total. The number of alkyl halides is 3. The van der Waals surface area contributed by atoms with E-state index in [2.05, 4.69) is 15.4 Å². The highest BCUT2D eigenvalue weighted by Gasteiger charge is 2.30. The number of hydrogen-bond donors (Lipinski definition) is 1. The largest absolute Gasteiger partial charge is 0.416 e. The number of thioether (sulfide) groups is 1. The third kappa shape index (κ3) is 5.00. The van der Waals surface area contributed by atoms with Gasteiger partial charge in [0.1, 0.15) is 6.33 Å². The Hall–Kier alpha value is -2.03. The molecule has 0 aliphatic heterocycles. The van der Waals surface area contributed by atoms with Gasteiger partial charge in [-0.3, -0.25) is 4.79 Å². The highest BCUT2D eigenvalue weighted by molar-refractivity contribution is 7.99. The van der Waals surface area contributed by atoms with Crippen LogP contribution in [-0.2, 0) is 11.0 Å². The number of hydrogen-bond acceptors (Lipinski definition) is 4. The number of carbonyl (C=O) groups excluding carboxylic acids is 1. The van der Waals surface area contributed by atoms with Crippen molar-refractivity contribution in [3.63, 3.8) is 0 Å². The Morgan fingerprint density at radius 3 is 2.85 bits per heavy atom. The van der Waals surface area contributed by atoms with E-state index in [-0.39, 0.29) is 11.6 Å². The minimum atomic E-state index is -4.40. The third-order valence-corrected chi connectivity index (χ3v) is 5.14. The van der Waals surface area contributed by atoms with Gasteiger partial charge in [-0.1, -0.05) is 24.2 Å². The lowest BCUT2D eigenvalue weighted by Crippen LogP contribution is -2.32. The van der Waals surface area contributed by atoms with Crippen LogP contribution in [0, 0.1) is 5.92 Å². The van der Waals surface area contributed by atoms with Crippen molar-refractivity contribution in [2.24, 2.45) is 5.92 Å². The maximum absolute atomic E-state index is 12.8. The summed E-state index contributed by atoms with van der Waals surface area (Å²) in [5.41, 5.74) is -0.444. The summed E-state index contributed by atoms with van der Waals surface area (Å²) in [6.45, 7) is 0.742. The van der Waals surface area contributed by atoms with E-state index < -0.39 is 11.7 Å². The molecule has 0 spiro atoms. The van der Waals surface area contributed by atoms with Gasteiger partial charge in [0.15, 0.2) is 0 Å². The molecule has 0 unspecified atom stereocenters. The topological polar surface area (TPSA) is 59.8 Å². The number of benzene rings is 1. The molecule has 1 saturated carbocycles. The summed E-state index contributed by atoms with van der Waals surface area (Å²) < 4.78 is 39.6. The Labute approximate surface area is 153 Å². The highest BCUT2D eigenvalue weighted by Crippen LogP contribution is 2.30. The number of aromatic nitrogens is 3. The number of rotatable bonds is 7. The lowest BCUT2D eigenvalue weighted by molar-refractivity contribution is -0.137. The maximum Gasteiger partial charge on any atom is 0.416 e. The molecular weight excluding hydrogens is 365 g/mol. The lowest BCUT2D eigenvalue weighted by Gasteiger charge is -2.25. The molecule has 1 amide bonds. The van der Waals surface area contributed by atoms with Gasteiger partial charge in [-0.05, 0) is 37.0 Å². The zero-order chi connectivity index (χ0) is 18.6. The zero-order valence-electron chi connectivity index (χ0n) is 14.0. The molecule has 1 aromatic carbocycles. The van der Waals surface area contributed by atoms with Crippen molar-refractivity contribution in [3.05, 3.63) is 36.2 Å². The van der Waals surface area contributed by atoms with Crippen LogP contribution in [-0.4, -0.2) is 33.0 Å². The van der Waals surface area contributed by atoms with Gasteiger partial charge in [0, 0.05) is 18.7 Å². The van der Waals surface area contributed by atoms with Gasteiger partial charge in [-0.2, -0.15) is 13.2 Å². The van der Waals surface area contributed by atoms with Crippen molar-refractivity contribution in [1.29, 1.82) is 0 Å². The Morgan fingerprint density at radius 1 is 1.35 bits per heavy atom. The average molecular weight is 384 g/mol. The van der Waals surface area contributed by atoms with Crippen LogP contribution < -0.4 is 5.32 Å². The second-order valence-corrected chi connectivity index (χ2v) is 7.28. The van der Waals surface area contributed by atoms with Crippen molar-refractivity contribution >= 4 is 17.7 Å². The normalized spacial score (nSPS) is 14.9. The van der Waals surface area contributed by atoms with Crippen molar-refractivity contribution in [1.82, 2.24) is 20.1 Å². The molecule has 1 N–H and O–H groups in total. The lowest BCUT2D eigenvalue weighted by atomic mass is 9.85. The molecule has 1 aromatic heterocycles. The van der Waals surface area contributed by atoms with Crippen LogP contribution in [0.25, 0.3) is 5.69 Å². The molecule has 0 radical (unpaired) electrons. The van der Waals surface area contributed by atoms with Crippen molar-refractivity contribution < 1.29 is 18.0 Å². The van der Waals surface area contributed by atoms with Gasteiger partial charge in [0.25, 0.3) is 0 Å². The fourth-order valence-corrected chi connectivity index (χ4v) is 3.28. The fourth-order valence-electron chi connectivity index (χ4n) is 2.54. The van der Waals surface area contributed by atoms with E-state index in [0.717, 1.165) is 18.7 Å². The van der Waals surface area contributed by atoms with Crippen LogP contribution in [0.1, 0.15) is 31.2 Å². The van der Waals surface area contributed by atoms with Crippen molar-refractivity contribution in [2.75, 3.05) is 12.3 Å². The summed E-state index contributed by atoms with van der Waals surface area (Å²) in [4.78, 5) is 15.8. The Morgan fingerprint density at radius 2 is 2.15 bits per heavy atom. The summed E-state index contributed by atoms with van der Waals surface area (Å²) in [6.07, 6.45) is 0.944. The molecule has 3 rings (SSSR count). The molecule has 1 aliphatic rings. The molecule has 0 bridgehead atoms. The number of halogens is 3. The predicted molar refractivity (Wildman–Crippen MR) is 92.1 cm³/mol. The monoisotopic (exact) mass is 384 g/mol. The second kappa shape index (κ2) is 8.11. The summed E-state index contributed by atoms with van der Waals surface area (Å²) in [7, 11) is 0. The van der Waals surface area contributed by atoms with Gasteiger partial charge < -0.3 is 5.32 Å². The number of nitrogens with zero attached hydrogens (tertiary/aromatic N) is 3. The molecule has 0 atom stereocenters.